The van der Waals surface area contributed by atoms with Crippen LogP contribution in [0.5, 0.6) is 5.75 Å². The average Bonchev–Trinajstić information content (AvgIpc) is 2.74. The van der Waals surface area contributed by atoms with E-state index in [2.05, 4.69) is 18.7 Å². The maximum absolute atomic E-state index is 12.8. The molecule has 1 aromatic rings. The zero-order valence-electron chi connectivity index (χ0n) is 11.6. The van der Waals surface area contributed by atoms with Crippen LogP contribution in [-0.4, -0.2) is 23.6 Å². The van der Waals surface area contributed by atoms with Gasteiger partial charge < -0.3 is 4.74 Å². The van der Waals surface area contributed by atoms with Gasteiger partial charge in [0.15, 0.2) is 0 Å². The second-order valence-corrected chi connectivity index (χ2v) is 5.83. The Kier molecular flexibility index (Phi) is 3.20. The Hall–Kier alpha value is -1.23. The van der Waals surface area contributed by atoms with Crippen LogP contribution in [0, 0.1) is 0 Å². The number of rotatable bonds is 1. The normalized spacial score (nSPS) is 26.3. The topological polar surface area (TPSA) is 12.5 Å². The van der Waals surface area contributed by atoms with Gasteiger partial charge in [-0.1, -0.05) is 6.07 Å². The number of alkyl halides is 3. The minimum absolute atomic E-state index is 0.00960. The van der Waals surface area contributed by atoms with E-state index in [1.165, 1.54) is 0 Å². The van der Waals surface area contributed by atoms with Gasteiger partial charge >= 0.3 is 6.18 Å². The van der Waals surface area contributed by atoms with E-state index in [1.807, 2.05) is 0 Å². The molecular weight excluding hydrogens is 267 g/mol. The highest BCUT2D eigenvalue weighted by Crippen LogP contribution is 2.46. The Morgan fingerprint density at radius 2 is 2.05 bits per heavy atom. The number of ether oxygens (including phenoxy) is 1. The lowest BCUT2D eigenvalue weighted by atomic mass is 9.93. The molecule has 1 saturated heterocycles. The van der Waals surface area contributed by atoms with Crippen LogP contribution in [0.3, 0.4) is 0 Å². The van der Waals surface area contributed by atoms with Crippen molar-refractivity contribution < 1.29 is 17.9 Å². The van der Waals surface area contributed by atoms with Crippen LogP contribution in [0.15, 0.2) is 18.2 Å². The molecule has 0 aromatic heterocycles. The predicted octanol–water partition coefficient (Wildman–Crippen LogP) is 4.01. The predicted molar refractivity (Wildman–Crippen MR) is 69.7 cm³/mol. The molecule has 0 spiro atoms. The summed E-state index contributed by atoms with van der Waals surface area (Å²) in [6.07, 6.45) is -2.39. The van der Waals surface area contributed by atoms with Crippen LogP contribution in [0.4, 0.5) is 13.2 Å². The lowest BCUT2D eigenvalue weighted by molar-refractivity contribution is -0.137. The molecule has 2 nitrogen and oxygen atoms in total. The third kappa shape index (κ3) is 2.18. The molecule has 2 unspecified atom stereocenters. The minimum atomic E-state index is -4.32. The first-order valence-corrected chi connectivity index (χ1v) is 7.01. The fourth-order valence-corrected chi connectivity index (χ4v) is 3.29. The monoisotopic (exact) mass is 285 g/mol. The van der Waals surface area contributed by atoms with Crippen molar-refractivity contribution in [3.05, 3.63) is 29.3 Å². The highest BCUT2D eigenvalue weighted by atomic mass is 19.4. The van der Waals surface area contributed by atoms with Gasteiger partial charge in [0, 0.05) is 11.6 Å². The van der Waals surface area contributed by atoms with E-state index in [0.29, 0.717) is 11.8 Å². The molecular formula is C15H18F3NO. The molecule has 3 rings (SSSR count). The molecule has 2 aliphatic heterocycles. The molecule has 0 aliphatic carbocycles. The molecule has 20 heavy (non-hydrogen) atoms. The van der Waals surface area contributed by atoms with Crippen molar-refractivity contribution in [1.82, 2.24) is 4.90 Å². The molecule has 0 amide bonds. The number of fused-ring (bicyclic) bond motifs is 3. The standard InChI is InChI=1S/C15H18F3NO/c1-9(2)19-7-3-4-12-14(19)11-6-5-10(15(16,17)18)8-13(11)20-12/h5-6,8-9,12,14H,3-4,7H2,1-2H3. The van der Waals surface area contributed by atoms with Gasteiger partial charge in [-0.2, -0.15) is 13.2 Å². The van der Waals surface area contributed by atoms with E-state index in [0.717, 1.165) is 37.1 Å². The summed E-state index contributed by atoms with van der Waals surface area (Å²) >= 11 is 0. The van der Waals surface area contributed by atoms with Gasteiger partial charge in [-0.25, -0.2) is 0 Å². The van der Waals surface area contributed by atoms with Crippen molar-refractivity contribution in [2.75, 3.05) is 6.54 Å². The summed E-state index contributed by atoms with van der Waals surface area (Å²) in [7, 11) is 0. The first-order valence-electron chi connectivity index (χ1n) is 7.01. The van der Waals surface area contributed by atoms with Crippen molar-refractivity contribution in [2.45, 2.75) is 51.1 Å². The summed E-state index contributed by atoms with van der Waals surface area (Å²) < 4.78 is 44.1. The molecule has 0 bridgehead atoms. The molecule has 5 heteroatoms. The first kappa shape index (κ1) is 13.7. The van der Waals surface area contributed by atoms with E-state index in [1.54, 1.807) is 6.07 Å². The summed E-state index contributed by atoms with van der Waals surface area (Å²) in [5.41, 5.74) is 0.266. The summed E-state index contributed by atoms with van der Waals surface area (Å²) in [6.45, 7) is 5.21. The molecule has 2 heterocycles. The fourth-order valence-electron chi connectivity index (χ4n) is 3.29. The van der Waals surface area contributed by atoms with Gasteiger partial charge in [0.25, 0.3) is 0 Å². The molecule has 0 N–H and O–H groups in total. The molecule has 1 aromatic carbocycles. The van der Waals surface area contributed by atoms with Crippen molar-refractivity contribution in [3.63, 3.8) is 0 Å². The molecule has 0 radical (unpaired) electrons. The number of benzene rings is 1. The highest BCUT2D eigenvalue weighted by molar-refractivity contribution is 5.44. The van der Waals surface area contributed by atoms with Crippen LogP contribution < -0.4 is 4.74 Å². The molecule has 0 saturated carbocycles. The minimum Gasteiger partial charge on any atom is -0.488 e. The Morgan fingerprint density at radius 1 is 1.30 bits per heavy atom. The zero-order chi connectivity index (χ0) is 14.5. The van der Waals surface area contributed by atoms with Crippen LogP contribution in [0.2, 0.25) is 0 Å². The lowest BCUT2D eigenvalue weighted by Gasteiger charge is -2.39. The van der Waals surface area contributed by atoms with E-state index in [4.69, 9.17) is 4.74 Å². The second kappa shape index (κ2) is 4.65. The smallest absolute Gasteiger partial charge is 0.416 e. The maximum atomic E-state index is 12.8. The second-order valence-electron chi connectivity index (χ2n) is 5.83. The van der Waals surface area contributed by atoms with Crippen molar-refractivity contribution in [1.29, 1.82) is 0 Å². The van der Waals surface area contributed by atoms with Crippen LogP contribution in [-0.2, 0) is 6.18 Å². The number of hydrogen-bond donors (Lipinski definition) is 0. The lowest BCUT2D eigenvalue weighted by Crippen LogP contribution is -2.44. The average molecular weight is 285 g/mol. The van der Waals surface area contributed by atoms with E-state index in [9.17, 15) is 13.2 Å². The summed E-state index contributed by atoms with van der Waals surface area (Å²) in [5, 5.41) is 0. The number of piperidine rings is 1. The molecule has 2 atom stereocenters. The number of likely N-dealkylation sites (tertiary alicyclic amines) is 1. The van der Waals surface area contributed by atoms with Crippen molar-refractivity contribution in [3.8, 4) is 5.75 Å². The largest absolute Gasteiger partial charge is 0.488 e. The van der Waals surface area contributed by atoms with Gasteiger partial charge in [0.2, 0.25) is 0 Å². The van der Waals surface area contributed by atoms with Crippen molar-refractivity contribution >= 4 is 0 Å². The van der Waals surface area contributed by atoms with E-state index < -0.39 is 11.7 Å². The van der Waals surface area contributed by atoms with Crippen molar-refractivity contribution in [2.24, 2.45) is 0 Å². The number of hydrogen-bond acceptors (Lipinski definition) is 2. The summed E-state index contributed by atoms with van der Waals surface area (Å²) in [4.78, 5) is 2.33. The van der Waals surface area contributed by atoms with Gasteiger partial charge in [-0.3, -0.25) is 4.90 Å². The van der Waals surface area contributed by atoms with Gasteiger partial charge in [0.05, 0.1) is 11.6 Å². The third-order valence-electron chi connectivity index (χ3n) is 4.22. The van der Waals surface area contributed by atoms with E-state index >= 15 is 0 Å². The fraction of sp³-hybridized carbons (Fsp3) is 0.600. The van der Waals surface area contributed by atoms with E-state index in [-0.39, 0.29) is 12.1 Å². The molecule has 2 aliphatic rings. The zero-order valence-corrected chi connectivity index (χ0v) is 11.6. The highest BCUT2D eigenvalue weighted by Gasteiger charge is 2.43. The first-order chi connectivity index (χ1) is 9.38. The third-order valence-corrected chi connectivity index (χ3v) is 4.22. The summed E-state index contributed by atoms with van der Waals surface area (Å²) in [6, 6.07) is 4.36. The Morgan fingerprint density at radius 3 is 2.70 bits per heavy atom. The quantitative estimate of drug-likeness (QED) is 0.773. The van der Waals surface area contributed by atoms with Gasteiger partial charge in [-0.15, -0.1) is 0 Å². The number of nitrogens with zero attached hydrogens (tertiary/aromatic N) is 1. The van der Waals surface area contributed by atoms with Crippen LogP contribution in [0.1, 0.15) is 43.9 Å². The van der Waals surface area contributed by atoms with Gasteiger partial charge in [0.1, 0.15) is 11.9 Å². The SMILES string of the molecule is CC(C)N1CCCC2Oc3cc(C(F)(F)F)ccc3C21. The Bertz CT molecular complexity index is 512. The number of halogens is 3. The summed E-state index contributed by atoms with van der Waals surface area (Å²) in [5.74, 6) is 0.405. The van der Waals surface area contributed by atoms with Gasteiger partial charge in [-0.05, 0) is 45.4 Å². The van der Waals surface area contributed by atoms with Crippen LogP contribution in [0.25, 0.3) is 0 Å². The van der Waals surface area contributed by atoms with Crippen LogP contribution >= 0.6 is 0 Å². The maximum Gasteiger partial charge on any atom is 0.416 e. The Balaban J connectivity index is 1.98. The Labute approximate surface area is 116 Å². The molecule has 110 valence electrons. The molecule has 1 fully saturated rings.